The maximum absolute atomic E-state index is 13.1. The number of amides is 1. The van der Waals surface area contributed by atoms with E-state index >= 15 is 0 Å². The number of carbonyl (C=O) groups is 1. The highest BCUT2D eigenvalue weighted by atomic mass is 16.5. The van der Waals surface area contributed by atoms with Crippen LogP contribution in [-0.4, -0.2) is 76.0 Å². The number of rotatable bonds is 3. The second-order valence-electron chi connectivity index (χ2n) is 6.68. The zero-order chi connectivity index (χ0) is 20.2. The quantitative estimate of drug-likeness (QED) is 0.769. The van der Waals surface area contributed by atoms with Crippen molar-refractivity contribution in [1.29, 1.82) is 0 Å². The molecule has 1 saturated heterocycles. The van der Waals surface area contributed by atoms with Crippen LogP contribution in [0.2, 0.25) is 0 Å². The van der Waals surface area contributed by atoms with Gasteiger partial charge in [0, 0.05) is 44.3 Å². The van der Waals surface area contributed by atoms with E-state index in [0.29, 0.717) is 49.2 Å². The lowest BCUT2D eigenvalue weighted by molar-refractivity contribution is -0.118. The average Bonchev–Trinajstić information content (AvgIpc) is 2.76. The van der Waals surface area contributed by atoms with Crippen LogP contribution in [0.3, 0.4) is 0 Å². The zero-order valence-electron chi connectivity index (χ0n) is 16.0. The van der Waals surface area contributed by atoms with Crippen molar-refractivity contribution in [3.8, 4) is 0 Å². The molecule has 0 radical (unpaired) electrons. The second-order valence-corrected chi connectivity index (χ2v) is 6.68. The number of anilines is 2. The molecular weight excluding hydrogens is 372 g/mol. The third kappa shape index (κ3) is 4.16. The van der Waals surface area contributed by atoms with Crippen LogP contribution in [0.1, 0.15) is 5.56 Å². The van der Waals surface area contributed by atoms with Gasteiger partial charge in [-0.2, -0.15) is 0 Å². The van der Waals surface area contributed by atoms with Crippen molar-refractivity contribution in [3.05, 3.63) is 48.6 Å². The molecule has 2 aliphatic rings. The van der Waals surface area contributed by atoms with Gasteiger partial charge in [-0.15, -0.1) is 0 Å². The highest BCUT2D eigenvalue weighted by Crippen LogP contribution is 2.24. The first-order valence-electron chi connectivity index (χ1n) is 9.26. The fourth-order valence-electron chi connectivity index (χ4n) is 3.20. The predicted molar refractivity (Wildman–Crippen MR) is 109 cm³/mol. The van der Waals surface area contributed by atoms with Gasteiger partial charge in [-0.3, -0.25) is 9.78 Å². The number of morpholine rings is 1. The standard InChI is InChI=1S/C19H22N8O2/c1-26-16(17(28)24-14-3-2-4-21-12-14)9-15(13-10-22-18(20)23-11-13)25-19(26)27-5-7-29-8-6-27/h2-4,9-12,16H,5-8H2,1H3,(H,24,28)(H2,20,22,23). The van der Waals surface area contributed by atoms with Crippen LogP contribution in [0, 0.1) is 0 Å². The van der Waals surface area contributed by atoms with Gasteiger partial charge in [0.15, 0.2) is 0 Å². The number of ether oxygens (including phenoxy) is 1. The monoisotopic (exact) mass is 394 g/mol. The number of nitrogens with two attached hydrogens (primary N) is 1. The Bertz CT molecular complexity index is 923. The molecule has 0 bridgehead atoms. The summed E-state index contributed by atoms with van der Waals surface area (Å²) < 4.78 is 5.45. The summed E-state index contributed by atoms with van der Waals surface area (Å²) in [4.78, 5) is 34.0. The normalized spacial score (nSPS) is 19.4. The lowest BCUT2D eigenvalue weighted by Crippen LogP contribution is -2.54. The number of aromatic nitrogens is 3. The molecule has 0 saturated carbocycles. The summed E-state index contributed by atoms with van der Waals surface area (Å²) >= 11 is 0. The highest BCUT2D eigenvalue weighted by molar-refractivity contribution is 6.02. The lowest BCUT2D eigenvalue weighted by atomic mass is 10.1. The molecule has 2 aromatic rings. The van der Waals surface area contributed by atoms with Gasteiger partial charge in [-0.25, -0.2) is 15.0 Å². The number of aliphatic imine (C=N–C) groups is 1. The van der Waals surface area contributed by atoms with E-state index in [9.17, 15) is 4.79 Å². The summed E-state index contributed by atoms with van der Waals surface area (Å²) in [5, 5.41) is 2.91. The largest absolute Gasteiger partial charge is 0.378 e. The van der Waals surface area contributed by atoms with Gasteiger partial charge in [0.2, 0.25) is 11.9 Å². The van der Waals surface area contributed by atoms with Crippen molar-refractivity contribution >= 4 is 29.2 Å². The molecule has 1 amide bonds. The molecule has 4 rings (SSSR count). The van der Waals surface area contributed by atoms with Crippen molar-refractivity contribution < 1.29 is 9.53 Å². The van der Waals surface area contributed by atoms with Gasteiger partial charge in [-0.1, -0.05) is 0 Å². The van der Waals surface area contributed by atoms with Crippen LogP contribution in [-0.2, 0) is 9.53 Å². The van der Waals surface area contributed by atoms with E-state index in [1.165, 1.54) is 0 Å². The maximum atomic E-state index is 13.1. The molecule has 0 aromatic carbocycles. The molecule has 1 unspecified atom stereocenters. The number of pyridine rings is 1. The Hall–Kier alpha value is -3.53. The fourth-order valence-corrected chi connectivity index (χ4v) is 3.20. The Morgan fingerprint density at radius 2 is 2.00 bits per heavy atom. The average molecular weight is 394 g/mol. The third-order valence-corrected chi connectivity index (χ3v) is 4.73. The Morgan fingerprint density at radius 3 is 2.69 bits per heavy atom. The fraction of sp³-hybridized carbons (Fsp3) is 0.316. The molecule has 10 nitrogen and oxygen atoms in total. The van der Waals surface area contributed by atoms with Crippen molar-refractivity contribution in [2.24, 2.45) is 4.99 Å². The summed E-state index contributed by atoms with van der Waals surface area (Å²) in [6.45, 7) is 2.63. The van der Waals surface area contributed by atoms with Crippen molar-refractivity contribution in [2.45, 2.75) is 6.04 Å². The van der Waals surface area contributed by atoms with Gasteiger partial charge in [0.05, 0.1) is 30.8 Å². The SMILES string of the molecule is CN1C(N2CCOCC2)=NC(c2cnc(N)nc2)=CC1C(=O)Nc1cccnc1. The van der Waals surface area contributed by atoms with Gasteiger partial charge < -0.3 is 25.6 Å². The van der Waals surface area contributed by atoms with E-state index in [2.05, 4.69) is 25.2 Å². The minimum atomic E-state index is -0.571. The van der Waals surface area contributed by atoms with E-state index < -0.39 is 6.04 Å². The third-order valence-electron chi connectivity index (χ3n) is 4.73. The molecular formula is C19H22N8O2. The van der Waals surface area contributed by atoms with E-state index in [0.717, 1.165) is 0 Å². The number of carbonyl (C=O) groups excluding carboxylic acids is 1. The molecule has 2 aromatic heterocycles. The zero-order valence-corrected chi connectivity index (χ0v) is 16.0. The van der Waals surface area contributed by atoms with E-state index in [4.69, 9.17) is 15.5 Å². The number of nitrogens with one attached hydrogen (secondary N) is 1. The van der Waals surface area contributed by atoms with Gasteiger partial charge in [-0.05, 0) is 18.2 Å². The van der Waals surface area contributed by atoms with Crippen LogP contribution in [0.15, 0.2) is 48.0 Å². The Morgan fingerprint density at radius 1 is 1.24 bits per heavy atom. The number of guanidine groups is 1. The number of nitrogen functional groups attached to an aromatic ring is 1. The molecule has 1 fully saturated rings. The minimum absolute atomic E-state index is 0.185. The molecule has 0 spiro atoms. The summed E-state index contributed by atoms with van der Waals surface area (Å²) in [5.41, 5.74) is 7.55. The van der Waals surface area contributed by atoms with Crippen molar-refractivity contribution in [2.75, 3.05) is 44.4 Å². The first-order chi connectivity index (χ1) is 14.1. The summed E-state index contributed by atoms with van der Waals surface area (Å²) in [7, 11) is 1.86. The first-order valence-corrected chi connectivity index (χ1v) is 9.26. The number of likely N-dealkylation sites (N-methyl/N-ethyl adjacent to an activating group) is 1. The van der Waals surface area contributed by atoms with E-state index in [-0.39, 0.29) is 11.9 Å². The van der Waals surface area contributed by atoms with Crippen LogP contribution < -0.4 is 11.1 Å². The second kappa shape index (κ2) is 8.23. The van der Waals surface area contributed by atoms with E-state index in [1.807, 2.05) is 11.9 Å². The van der Waals surface area contributed by atoms with Gasteiger partial charge >= 0.3 is 0 Å². The number of hydrogen-bond donors (Lipinski definition) is 2. The van der Waals surface area contributed by atoms with Crippen molar-refractivity contribution in [1.82, 2.24) is 24.8 Å². The molecule has 150 valence electrons. The first kappa shape index (κ1) is 18.8. The lowest BCUT2D eigenvalue weighted by Gasteiger charge is -2.39. The topological polar surface area (TPSA) is 122 Å². The van der Waals surface area contributed by atoms with Crippen LogP contribution in [0.25, 0.3) is 5.70 Å². The molecule has 2 aliphatic heterocycles. The van der Waals surface area contributed by atoms with Crippen molar-refractivity contribution in [3.63, 3.8) is 0 Å². The predicted octanol–water partition coefficient (Wildman–Crippen LogP) is 0.436. The Labute approximate surface area is 168 Å². The molecule has 0 aliphatic carbocycles. The van der Waals surface area contributed by atoms with Gasteiger partial charge in [0.25, 0.3) is 5.91 Å². The highest BCUT2D eigenvalue weighted by Gasteiger charge is 2.32. The summed E-state index contributed by atoms with van der Waals surface area (Å²) in [6, 6.07) is 3.00. The molecule has 3 N–H and O–H groups in total. The van der Waals surface area contributed by atoms with Gasteiger partial charge in [0.1, 0.15) is 6.04 Å². The molecule has 29 heavy (non-hydrogen) atoms. The van der Waals surface area contributed by atoms with Crippen LogP contribution in [0.4, 0.5) is 11.6 Å². The van der Waals surface area contributed by atoms with E-state index in [1.54, 1.807) is 43.0 Å². The van der Waals surface area contributed by atoms with Crippen LogP contribution in [0.5, 0.6) is 0 Å². The van der Waals surface area contributed by atoms with Crippen LogP contribution >= 0.6 is 0 Å². The maximum Gasteiger partial charge on any atom is 0.251 e. The number of nitrogens with zero attached hydrogens (tertiary/aromatic N) is 6. The minimum Gasteiger partial charge on any atom is -0.378 e. The molecule has 4 heterocycles. The summed E-state index contributed by atoms with van der Waals surface area (Å²) in [6.07, 6.45) is 8.28. The molecule has 10 heteroatoms. The Balaban J connectivity index is 1.66. The smallest absolute Gasteiger partial charge is 0.251 e. The summed E-state index contributed by atoms with van der Waals surface area (Å²) in [5.74, 6) is 0.703. The molecule has 1 atom stereocenters. The number of hydrogen-bond acceptors (Lipinski definition) is 9. The Kier molecular flexibility index (Phi) is 5.34.